The number of hydrogen-bond acceptors (Lipinski definition) is 9. The van der Waals surface area contributed by atoms with Crippen molar-refractivity contribution in [1.29, 1.82) is 0 Å². The van der Waals surface area contributed by atoms with Crippen LogP contribution in [0.15, 0.2) is 61.3 Å². The molecule has 0 atom stereocenters. The Morgan fingerprint density at radius 2 is 1.92 bits per heavy atom. The SMILES string of the molecule is Cc1cc(Nc2ncnc3sc(CN4CCS(=O)(=O)CC4)cc23)ccc1Oc1ccn2ccnc2c1. The van der Waals surface area contributed by atoms with Gasteiger partial charge in [0.2, 0.25) is 0 Å². The molecule has 11 heteroatoms. The molecular formula is C25H24N6O3S2. The molecule has 0 radical (unpaired) electrons. The fourth-order valence-corrected chi connectivity index (χ4v) is 6.59. The zero-order chi connectivity index (χ0) is 24.7. The standard InChI is InChI=1S/C25H24N6O3S2/c1-17-12-18(2-3-22(17)34-19-4-6-31-7-5-26-23(31)13-19)29-24-21-14-20(35-25(21)28-16-27-24)15-30-8-10-36(32,33)11-9-30/h2-7,12-14,16H,8-11,15H2,1H3,(H,27,28,29). The third-order valence-corrected chi connectivity index (χ3v) is 8.87. The summed E-state index contributed by atoms with van der Waals surface area (Å²) >= 11 is 1.61. The molecule has 0 unspecified atom stereocenters. The molecule has 1 aliphatic heterocycles. The number of nitrogens with zero attached hydrogens (tertiary/aromatic N) is 5. The summed E-state index contributed by atoms with van der Waals surface area (Å²) in [7, 11) is -2.89. The number of anilines is 2. The number of fused-ring (bicyclic) bond motifs is 2. The van der Waals surface area contributed by atoms with Crippen LogP contribution in [-0.2, 0) is 16.4 Å². The van der Waals surface area contributed by atoms with E-state index in [9.17, 15) is 8.42 Å². The van der Waals surface area contributed by atoms with E-state index in [0.717, 1.165) is 49.3 Å². The molecule has 36 heavy (non-hydrogen) atoms. The van der Waals surface area contributed by atoms with Gasteiger partial charge in [0.15, 0.2) is 9.84 Å². The summed E-state index contributed by atoms with van der Waals surface area (Å²) in [6, 6.07) is 11.8. The Morgan fingerprint density at radius 3 is 2.75 bits per heavy atom. The van der Waals surface area contributed by atoms with Gasteiger partial charge in [0.05, 0.1) is 16.9 Å². The minimum absolute atomic E-state index is 0.224. The van der Waals surface area contributed by atoms with E-state index >= 15 is 0 Å². The number of aromatic nitrogens is 4. The maximum Gasteiger partial charge on any atom is 0.152 e. The molecule has 4 aromatic heterocycles. The molecule has 5 heterocycles. The van der Waals surface area contributed by atoms with Crippen molar-refractivity contribution >= 4 is 48.5 Å². The number of thiophene rings is 1. The first-order chi connectivity index (χ1) is 17.4. The average Bonchev–Trinajstić information content (AvgIpc) is 3.49. The number of pyridine rings is 1. The Hall–Kier alpha value is -3.54. The van der Waals surface area contributed by atoms with Crippen molar-refractivity contribution in [3.05, 3.63) is 71.8 Å². The average molecular weight is 521 g/mol. The number of rotatable bonds is 6. The Morgan fingerprint density at radius 1 is 1.06 bits per heavy atom. The molecule has 9 nitrogen and oxygen atoms in total. The van der Waals surface area contributed by atoms with E-state index in [1.165, 1.54) is 0 Å². The summed E-state index contributed by atoms with van der Waals surface area (Å²) < 4.78 is 31.5. The van der Waals surface area contributed by atoms with Gasteiger partial charge in [-0.05, 0) is 42.8 Å². The molecule has 0 bridgehead atoms. The second kappa shape index (κ2) is 9.16. The van der Waals surface area contributed by atoms with E-state index in [0.29, 0.717) is 19.6 Å². The van der Waals surface area contributed by atoms with Gasteiger partial charge < -0.3 is 14.5 Å². The van der Waals surface area contributed by atoms with E-state index in [1.807, 2.05) is 54.0 Å². The smallest absolute Gasteiger partial charge is 0.152 e. The fourth-order valence-electron chi connectivity index (χ4n) is 4.27. The normalized spacial score (nSPS) is 15.9. The van der Waals surface area contributed by atoms with Crippen molar-refractivity contribution in [3.8, 4) is 11.5 Å². The maximum atomic E-state index is 11.7. The summed E-state index contributed by atoms with van der Waals surface area (Å²) in [5, 5.41) is 4.37. The minimum atomic E-state index is -2.89. The number of ether oxygens (including phenoxy) is 1. The van der Waals surface area contributed by atoms with Gasteiger partial charge in [-0.15, -0.1) is 11.3 Å². The largest absolute Gasteiger partial charge is 0.457 e. The quantitative estimate of drug-likeness (QED) is 0.351. The van der Waals surface area contributed by atoms with E-state index in [1.54, 1.807) is 23.9 Å². The molecular weight excluding hydrogens is 496 g/mol. The van der Waals surface area contributed by atoms with Crippen LogP contribution in [-0.4, -0.2) is 57.3 Å². The number of benzene rings is 1. The Kier molecular flexibility index (Phi) is 5.82. The van der Waals surface area contributed by atoms with Crippen LogP contribution in [0.3, 0.4) is 0 Å². The maximum absolute atomic E-state index is 11.7. The van der Waals surface area contributed by atoms with E-state index in [4.69, 9.17) is 4.74 Å². The predicted molar refractivity (Wildman–Crippen MR) is 141 cm³/mol. The first-order valence-electron chi connectivity index (χ1n) is 11.6. The number of nitrogens with one attached hydrogen (secondary N) is 1. The van der Waals surface area contributed by atoms with Crippen LogP contribution >= 0.6 is 11.3 Å². The van der Waals surface area contributed by atoms with Gasteiger partial charge in [0.1, 0.15) is 34.1 Å². The molecule has 0 aliphatic carbocycles. The van der Waals surface area contributed by atoms with Gasteiger partial charge in [-0.1, -0.05) is 0 Å². The lowest BCUT2D eigenvalue weighted by Crippen LogP contribution is -2.39. The predicted octanol–water partition coefficient (Wildman–Crippen LogP) is 4.41. The molecule has 0 spiro atoms. The number of hydrogen-bond donors (Lipinski definition) is 1. The highest BCUT2D eigenvalue weighted by atomic mass is 32.2. The van der Waals surface area contributed by atoms with Crippen molar-refractivity contribution in [2.75, 3.05) is 29.9 Å². The van der Waals surface area contributed by atoms with E-state index in [-0.39, 0.29) is 11.5 Å². The lowest BCUT2D eigenvalue weighted by atomic mass is 10.2. The third kappa shape index (κ3) is 4.77. The fraction of sp³-hybridized carbons (Fsp3) is 0.240. The molecule has 0 amide bonds. The van der Waals surface area contributed by atoms with Crippen LogP contribution in [0.1, 0.15) is 10.4 Å². The zero-order valence-electron chi connectivity index (χ0n) is 19.6. The second-order valence-corrected chi connectivity index (χ2v) is 12.3. The first-order valence-corrected chi connectivity index (χ1v) is 14.2. The van der Waals surface area contributed by atoms with Crippen LogP contribution in [0.2, 0.25) is 0 Å². The van der Waals surface area contributed by atoms with Crippen LogP contribution < -0.4 is 10.1 Å². The monoisotopic (exact) mass is 520 g/mol. The van der Waals surface area contributed by atoms with Crippen molar-refractivity contribution < 1.29 is 13.2 Å². The molecule has 5 aromatic rings. The second-order valence-electron chi connectivity index (χ2n) is 8.84. The highest BCUT2D eigenvalue weighted by Crippen LogP contribution is 2.33. The van der Waals surface area contributed by atoms with Crippen LogP contribution in [0.25, 0.3) is 15.9 Å². The Labute approximate surface area is 212 Å². The van der Waals surface area contributed by atoms with Crippen LogP contribution in [0.5, 0.6) is 11.5 Å². The molecule has 0 saturated carbocycles. The van der Waals surface area contributed by atoms with E-state index < -0.39 is 9.84 Å². The highest BCUT2D eigenvalue weighted by Gasteiger charge is 2.22. The van der Waals surface area contributed by atoms with Crippen molar-refractivity contribution in [2.24, 2.45) is 0 Å². The highest BCUT2D eigenvalue weighted by molar-refractivity contribution is 7.91. The summed E-state index contributed by atoms with van der Waals surface area (Å²) in [6.45, 7) is 3.85. The van der Waals surface area contributed by atoms with Crippen molar-refractivity contribution in [2.45, 2.75) is 13.5 Å². The topological polar surface area (TPSA) is 102 Å². The van der Waals surface area contributed by atoms with Gasteiger partial charge in [-0.2, -0.15) is 0 Å². The number of imidazole rings is 1. The van der Waals surface area contributed by atoms with Gasteiger partial charge in [-0.3, -0.25) is 4.90 Å². The van der Waals surface area contributed by atoms with Crippen molar-refractivity contribution in [1.82, 2.24) is 24.3 Å². The lowest BCUT2D eigenvalue weighted by molar-refractivity contribution is 0.290. The van der Waals surface area contributed by atoms with Gasteiger partial charge >= 0.3 is 0 Å². The summed E-state index contributed by atoms with van der Waals surface area (Å²) in [5.41, 5.74) is 2.72. The van der Waals surface area contributed by atoms with E-state index in [2.05, 4.69) is 31.2 Å². The molecule has 6 rings (SSSR count). The lowest BCUT2D eigenvalue weighted by Gasteiger charge is -2.25. The van der Waals surface area contributed by atoms with Gasteiger partial charge in [0, 0.05) is 54.9 Å². The third-order valence-electron chi connectivity index (χ3n) is 6.23. The Bertz CT molecular complexity index is 1660. The molecule has 1 saturated heterocycles. The van der Waals surface area contributed by atoms with Gasteiger partial charge in [-0.25, -0.2) is 23.4 Å². The summed E-state index contributed by atoms with van der Waals surface area (Å²) in [5.74, 6) is 2.68. The van der Waals surface area contributed by atoms with Crippen LogP contribution in [0, 0.1) is 6.92 Å². The van der Waals surface area contributed by atoms with Gasteiger partial charge in [0.25, 0.3) is 0 Å². The molecule has 1 fully saturated rings. The first kappa shape index (κ1) is 22.9. The minimum Gasteiger partial charge on any atom is -0.457 e. The van der Waals surface area contributed by atoms with Crippen LogP contribution in [0.4, 0.5) is 11.5 Å². The summed E-state index contributed by atoms with van der Waals surface area (Å²) in [6.07, 6.45) is 7.14. The van der Waals surface area contributed by atoms with Crippen molar-refractivity contribution in [3.63, 3.8) is 0 Å². The zero-order valence-corrected chi connectivity index (χ0v) is 21.2. The Balaban J connectivity index is 1.18. The summed E-state index contributed by atoms with van der Waals surface area (Å²) in [4.78, 5) is 17.4. The molecule has 1 aromatic carbocycles. The number of sulfone groups is 1. The number of aryl methyl sites for hydroxylation is 1. The molecule has 1 N–H and O–H groups in total. The molecule has 1 aliphatic rings. The molecule has 184 valence electrons.